The largest absolute Gasteiger partial charge is 0.481 e. The van der Waals surface area contributed by atoms with Crippen molar-refractivity contribution in [1.29, 1.82) is 0 Å². The molecule has 0 aromatic heterocycles. The summed E-state index contributed by atoms with van der Waals surface area (Å²) in [4.78, 5) is 22.9. The van der Waals surface area contributed by atoms with E-state index in [-0.39, 0.29) is 24.9 Å². The normalized spacial score (nSPS) is 14.7. The van der Waals surface area contributed by atoms with Gasteiger partial charge in [-0.2, -0.15) is 0 Å². The summed E-state index contributed by atoms with van der Waals surface area (Å²) in [5, 5.41) is 18.8. The summed E-state index contributed by atoms with van der Waals surface area (Å²) >= 11 is 0. The van der Waals surface area contributed by atoms with Gasteiger partial charge in [0.05, 0.1) is 33.7 Å². The second-order valence-corrected chi connectivity index (χ2v) is 7.63. The van der Waals surface area contributed by atoms with Gasteiger partial charge in [-0.25, -0.2) is 0 Å². The van der Waals surface area contributed by atoms with E-state index < -0.39 is 12.1 Å². The maximum absolute atomic E-state index is 11.9. The molecule has 6 nitrogen and oxygen atoms in total. The van der Waals surface area contributed by atoms with Gasteiger partial charge in [0.25, 0.3) is 0 Å². The topological polar surface area (TPSA) is 83.8 Å². The summed E-state index contributed by atoms with van der Waals surface area (Å²) in [7, 11) is 5.80. The average molecular weight is 371 g/mol. The average Bonchev–Trinajstić information content (AvgIpc) is 2.48. The van der Waals surface area contributed by atoms with Gasteiger partial charge in [-0.05, 0) is 26.2 Å². The van der Waals surface area contributed by atoms with Crippen molar-refractivity contribution in [2.45, 2.75) is 64.1 Å². The highest BCUT2D eigenvalue weighted by Crippen LogP contribution is 2.11. The number of aliphatic hydroxyl groups is 1. The van der Waals surface area contributed by atoms with Gasteiger partial charge < -0.3 is 19.4 Å². The van der Waals surface area contributed by atoms with Crippen LogP contribution in [-0.4, -0.2) is 66.5 Å². The highest BCUT2D eigenvalue weighted by Gasteiger charge is 2.24. The van der Waals surface area contributed by atoms with E-state index in [9.17, 15) is 14.7 Å². The van der Waals surface area contributed by atoms with Crippen molar-refractivity contribution >= 4 is 11.9 Å². The highest BCUT2D eigenvalue weighted by molar-refractivity contribution is 5.71. The van der Waals surface area contributed by atoms with E-state index in [0.29, 0.717) is 30.3 Å². The Labute approximate surface area is 157 Å². The minimum absolute atomic E-state index is 0.172. The molecule has 6 heteroatoms. The number of allylic oxidation sites excluding steroid dienone is 3. The van der Waals surface area contributed by atoms with E-state index in [1.807, 2.05) is 52.4 Å². The molecule has 0 spiro atoms. The number of hydrogen-bond donors (Lipinski definition) is 2. The number of aliphatic hydroxyl groups excluding tert-OH is 1. The quantitative estimate of drug-likeness (QED) is 0.213. The van der Waals surface area contributed by atoms with Crippen molar-refractivity contribution < 1.29 is 29.0 Å². The standard InChI is InChI=1S/C20H35NO5/c1-5-6-7-9-12-17(22)13-10-8-11-14-20(25)26-18(15-19(23)24)16-21(2,3)4/h5-7,9,17-18,22H,8,10-16H2,1-4H3/p+1/b6-5+,9-7+. The lowest BCUT2D eigenvalue weighted by molar-refractivity contribution is -0.873. The number of nitrogens with zero attached hydrogens (tertiary/aromatic N) is 1. The number of carboxylic acids is 1. The second-order valence-electron chi connectivity index (χ2n) is 7.63. The highest BCUT2D eigenvalue weighted by atomic mass is 16.5. The van der Waals surface area contributed by atoms with Gasteiger partial charge in [-0.15, -0.1) is 0 Å². The summed E-state index contributed by atoms with van der Waals surface area (Å²) in [5.41, 5.74) is 0. The predicted octanol–water partition coefficient (Wildman–Crippen LogP) is 2.91. The van der Waals surface area contributed by atoms with Crippen molar-refractivity contribution in [2.24, 2.45) is 0 Å². The van der Waals surface area contributed by atoms with Gasteiger partial charge in [0.1, 0.15) is 6.54 Å². The number of esters is 1. The monoisotopic (exact) mass is 370 g/mol. The van der Waals surface area contributed by atoms with Crippen molar-refractivity contribution in [1.82, 2.24) is 0 Å². The number of ether oxygens (including phenoxy) is 1. The van der Waals surface area contributed by atoms with E-state index in [1.165, 1.54) is 0 Å². The lowest BCUT2D eigenvalue weighted by atomic mass is 10.1. The molecule has 0 aliphatic heterocycles. The number of aliphatic carboxylic acids is 1. The molecule has 0 aromatic rings. The van der Waals surface area contributed by atoms with Crippen LogP contribution in [0, 0.1) is 0 Å². The Morgan fingerprint density at radius 1 is 1.12 bits per heavy atom. The Morgan fingerprint density at radius 2 is 1.81 bits per heavy atom. The molecule has 150 valence electrons. The Balaban J connectivity index is 4.00. The van der Waals surface area contributed by atoms with Gasteiger partial charge in [0.15, 0.2) is 6.10 Å². The van der Waals surface area contributed by atoms with Crippen LogP contribution in [0.4, 0.5) is 0 Å². The second kappa shape index (κ2) is 13.5. The van der Waals surface area contributed by atoms with E-state index >= 15 is 0 Å². The van der Waals surface area contributed by atoms with Crippen LogP contribution in [0.5, 0.6) is 0 Å². The van der Waals surface area contributed by atoms with Crippen molar-refractivity contribution in [3.05, 3.63) is 24.3 Å². The van der Waals surface area contributed by atoms with E-state index in [1.54, 1.807) is 0 Å². The summed E-state index contributed by atoms with van der Waals surface area (Å²) < 4.78 is 5.87. The zero-order valence-electron chi connectivity index (χ0n) is 16.7. The molecular weight excluding hydrogens is 334 g/mol. The van der Waals surface area contributed by atoms with Gasteiger partial charge >= 0.3 is 11.9 Å². The summed E-state index contributed by atoms with van der Waals surface area (Å²) in [6.45, 7) is 2.41. The lowest BCUT2D eigenvalue weighted by Crippen LogP contribution is -2.43. The molecule has 2 unspecified atom stereocenters. The van der Waals surface area contributed by atoms with Gasteiger partial charge in [0.2, 0.25) is 0 Å². The fourth-order valence-electron chi connectivity index (χ4n) is 2.56. The molecule has 0 saturated carbocycles. The molecular formula is C20H36NO5+. The van der Waals surface area contributed by atoms with Crippen molar-refractivity contribution in [2.75, 3.05) is 27.7 Å². The Morgan fingerprint density at radius 3 is 2.38 bits per heavy atom. The number of hydrogen-bond acceptors (Lipinski definition) is 4. The molecule has 0 bridgehead atoms. The molecule has 0 aliphatic carbocycles. The van der Waals surface area contributed by atoms with Crippen LogP contribution in [0.25, 0.3) is 0 Å². The molecule has 0 radical (unpaired) electrons. The molecule has 0 saturated heterocycles. The van der Waals surface area contributed by atoms with Crippen LogP contribution in [0.3, 0.4) is 0 Å². The smallest absolute Gasteiger partial charge is 0.307 e. The Kier molecular flexibility index (Phi) is 12.7. The fraction of sp³-hybridized carbons (Fsp3) is 0.700. The first kappa shape index (κ1) is 24.3. The minimum Gasteiger partial charge on any atom is -0.481 e. The third-order valence-corrected chi connectivity index (χ3v) is 3.72. The molecule has 26 heavy (non-hydrogen) atoms. The van der Waals surface area contributed by atoms with Crippen LogP contribution < -0.4 is 0 Å². The summed E-state index contributed by atoms with van der Waals surface area (Å²) in [6.07, 6.45) is 10.6. The number of carbonyl (C=O) groups is 2. The molecule has 2 N–H and O–H groups in total. The van der Waals surface area contributed by atoms with Crippen LogP contribution in [-0.2, 0) is 14.3 Å². The van der Waals surface area contributed by atoms with Crippen LogP contribution in [0.1, 0.15) is 51.9 Å². The third kappa shape index (κ3) is 15.8. The summed E-state index contributed by atoms with van der Waals surface area (Å²) in [6, 6.07) is 0. The molecule has 0 amide bonds. The van der Waals surface area contributed by atoms with Gasteiger partial charge in [-0.1, -0.05) is 37.1 Å². The Hall–Kier alpha value is -1.66. The zero-order chi connectivity index (χ0) is 20.0. The Bertz CT molecular complexity index is 465. The van der Waals surface area contributed by atoms with E-state index in [4.69, 9.17) is 9.84 Å². The van der Waals surface area contributed by atoms with Crippen LogP contribution in [0.2, 0.25) is 0 Å². The molecule has 0 heterocycles. The molecule has 2 atom stereocenters. The number of likely N-dealkylation sites (N-methyl/N-ethyl adjacent to an activating group) is 1. The van der Waals surface area contributed by atoms with Gasteiger partial charge in [0, 0.05) is 6.42 Å². The zero-order valence-corrected chi connectivity index (χ0v) is 16.7. The number of carbonyl (C=O) groups excluding carboxylic acids is 1. The number of rotatable bonds is 14. The van der Waals surface area contributed by atoms with E-state index in [0.717, 1.165) is 12.8 Å². The number of quaternary nitrogens is 1. The fourth-order valence-corrected chi connectivity index (χ4v) is 2.56. The lowest BCUT2D eigenvalue weighted by Gasteiger charge is -2.28. The van der Waals surface area contributed by atoms with E-state index in [2.05, 4.69) is 0 Å². The first-order valence-corrected chi connectivity index (χ1v) is 9.31. The number of unbranched alkanes of at least 4 members (excludes halogenated alkanes) is 2. The predicted molar refractivity (Wildman–Crippen MR) is 103 cm³/mol. The minimum atomic E-state index is -0.964. The molecule has 0 rings (SSSR count). The summed E-state index contributed by atoms with van der Waals surface area (Å²) in [5.74, 6) is -1.31. The van der Waals surface area contributed by atoms with Gasteiger partial charge in [-0.3, -0.25) is 9.59 Å². The first-order valence-electron chi connectivity index (χ1n) is 9.31. The van der Waals surface area contributed by atoms with Crippen molar-refractivity contribution in [3.63, 3.8) is 0 Å². The molecule has 0 aliphatic rings. The number of carboxylic acid groups (broad SMARTS) is 1. The molecule has 0 aromatic carbocycles. The first-order chi connectivity index (χ1) is 12.1. The molecule has 0 fully saturated rings. The SMILES string of the molecule is C/C=C/C=C/CC(O)CCCCCC(=O)OC(CC(=O)O)C[N+](C)(C)C. The maximum atomic E-state index is 11.9. The van der Waals surface area contributed by atoms with Crippen molar-refractivity contribution in [3.8, 4) is 0 Å². The van der Waals surface area contributed by atoms with Crippen LogP contribution in [0.15, 0.2) is 24.3 Å². The third-order valence-electron chi connectivity index (χ3n) is 3.72. The maximum Gasteiger partial charge on any atom is 0.307 e. The van der Waals surface area contributed by atoms with Crippen LogP contribution >= 0.6 is 0 Å².